The van der Waals surface area contributed by atoms with E-state index in [2.05, 4.69) is 5.32 Å². The van der Waals surface area contributed by atoms with Crippen molar-refractivity contribution in [1.29, 1.82) is 0 Å². The number of hydrogen-bond acceptors (Lipinski definition) is 2. The summed E-state index contributed by atoms with van der Waals surface area (Å²) in [5, 5.41) is 3.11. The zero-order chi connectivity index (χ0) is 15.2. The normalized spacial score (nSPS) is 11.9. The first kappa shape index (κ1) is 16.8. The van der Waals surface area contributed by atoms with Gasteiger partial charge in [-0.2, -0.15) is 13.2 Å². The van der Waals surface area contributed by atoms with Gasteiger partial charge >= 0.3 is 6.18 Å². The lowest BCUT2D eigenvalue weighted by molar-refractivity contribution is -0.139. The van der Waals surface area contributed by atoms with Crippen LogP contribution in [0.3, 0.4) is 0 Å². The van der Waals surface area contributed by atoms with Crippen molar-refractivity contribution in [2.75, 3.05) is 13.2 Å². The Kier molecular flexibility index (Phi) is 6.26. The summed E-state index contributed by atoms with van der Waals surface area (Å²) in [7, 11) is 0. The zero-order valence-corrected chi connectivity index (χ0v) is 11.6. The van der Waals surface area contributed by atoms with E-state index in [-0.39, 0.29) is 5.75 Å². The van der Waals surface area contributed by atoms with Crippen LogP contribution in [0.4, 0.5) is 17.6 Å². The van der Waals surface area contributed by atoms with Gasteiger partial charge in [-0.05, 0) is 30.7 Å². The van der Waals surface area contributed by atoms with Crippen molar-refractivity contribution in [1.82, 2.24) is 5.32 Å². The standard InChI is InChI=1S/C14H19F4NO/c1-10(2)8-19-9-11-7-12(15)3-4-13(11)20-6-5-14(16,17)18/h3-4,7,10,19H,5-6,8-9H2,1-2H3. The molecule has 0 bridgehead atoms. The Morgan fingerprint density at radius 1 is 1.25 bits per heavy atom. The number of nitrogens with one attached hydrogen (secondary N) is 1. The minimum Gasteiger partial charge on any atom is -0.493 e. The van der Waals surface area contributed by atoms with Gasteiger partial charge in [0.2, 0.25) is 0 Å². The van der Waals surface area contributed by atoms with Crippen molar-refractivity contribution < 1.29 is 22.3 Å². The lowest BCUT2D eigenvalue weighted by Gasteiger charge is -2.14. The van der Waals surface area contributed by atoms with Gasteiger partial charge in [0, 0.05) is 12.1 Å². The molecule has 1 N–H and O–H groups in total. The highest BCUT2D eigenvalue weighted by atomic mass is 19.4. The van der Waals surface area contributed by atoms with Crippen LogP contribution < -0.4 is 10.1 Å². The molecule has 6 heteroatoms. The van der Waals surface area contributed by atoms with Crippen molar-refractivity contribution in [3.8, 4) is 5.75 Å². The first-order valence-corrected chi connectivity index (χ1v) is 6.46. The molecule has 0 aliphatic rings. The van der Waals surface area contributed by atoms with E-state index in [1.165, 1.54) is 18.2 Å². The number of rotatable bonds is 7. The Balaban J connectivity index is 2.60. The quantitative estimate of drug-likeness (QED) is 0.770. The SMILES string of the molecule is CC(C)CNCc1cc(F)ccc1OCCC(F)(F)F. The van der Waals surface area contributed by atoms with Crippen LogP contribution in [0.2, 0.25) is 0 Å². The van der Waals surface area contributed by atoms with Crippen molar-refractivity contribution >= 4 is 0 Å². The molecule has 2 nitrogen and oxygen atoms in total. The van der Waals surface area contributed by atoms with Gasteiger partial charge in [0.25, 0.3) is 0 Å². The number of benzene rings is 1. The van der Waals surface area contributed by atoms with Gasteiger partial charge in [0.15, 0.2) is 0 Å². The van der Waals surface area contributed by atoms with Gasteiger partial charge in [-0.15, -0.1) is 0 Å². The molecule has 20 heavy (non-hydrogen) atoms. The van der Waals surface area contributed by atoms with Gasteiger partial charge in [-0.1, -0.05) is 13.8 Å². The molecule has 1 aromatic carbocycles. The lowest BCUT2D eigenvalue weighted by Crippen LogP contribution is -2.20. The molecule has 0 radical (unpaired) electrons. The molecule has 0 amide bonds. The summed E-state index contributed by atoms with van der Waals surface area (Å²) in [6.45, 7) is 4.68. The van der Waals surface area contributed by atoms with Crippen LogP contribution in [-0.4, -0.2) is 19.3 Å². The van der Waals surface area contributed by atoms with Crippen molar-refractivity contribution in [2.45, 2.75) is 33.0 Å². The molecular formula is C14H19F4NO. The van der Waals surface area contributed by atoms with Crippen molar-refractivity contribution in [3.05, 3.63) is 29.6 Å². The van der Waals surface area contributed by atoms with Crippen molar-refractivity contribution in [3.63, 3.8) is 0 Å². The van der Waals surface area contributed by atoms with Gasteiger partial charge in [-0.25, -0.2) is 4.39 Å². The summed E-state index contributed by atoms with van der Waals surface area (Å²) >= 11 is 0. The Morgan fingerprint density at radius 3 is 2.55 bits per heavy atom. The highest BCUT2D eigenvalue weighted by Crippen LogP contribution is 2.23. The maximum Gasteiger partial charge on any atom is 0.392 e. The minimum atomic E-state index is -4.25. The van der Waals surface area contributed by atoms with Gasteiger partial charge in [0.05, 0.1) is 13.0 Å². The topological polar surface area (TPSA) is 21.3 Å². The fourth-order valence-corrected chi connectivity index (χ4v) is 1.60. The Morgan fingerprint density at radius 2 is 1.95 bits per heavy atom. The van der Waals surface area contributed by atoms with Crippen LogP contribution >= 0.6 is 0 Å². The molecule has 0 spiro atoms. The fourth-order valence-electron chi connectivity index (χ4n) is 1.60. The van der Waals surface area contributed by atoms with E-state index in [1.54, 1.807) is 0 Å². The van der Waals surface area contributed by atoms with E-state index in [0.717, 1.165) is 6.54 Å². The monoisotopic (exact) mass is 293 g/mol. The maximum atomic E-state index is 13.2. The second kappa shape index (κ2) is 7.47. The molecule has 0 heterocycles. The third-order valence-corrected chi connectivity index (χ3v) is 2.53. The molecule has 0 aliphatic heterocycles. The van der Waals surface area contributed by atoms with E-state index >= 15 is 0 Å². The predicted molar refractivity (Wildman–Crippen MR) is 69.1 cm³/mol. The van der Waals surface area contributed by atoms with Crippen LogP contribution in [0.25, 0.3) is 0 Å². The maximum absolute atomic E-state index is 13.2. The summed E-state index contributed by atoms with van der Waals surface area (Å²) in [5.74, 6) is 0.277. The van der Waals surface area contributed by atoms with E-state index < -0.39 is 25.0 Å². The minimum absolute atomic E-state index is 0.284. The Hall–Kier alpha value is -1.30. The predicted octanol–water partition coefficient (Wildman–Crippen LogP) is 3.90. The third kappa shape index (κ3) is 6.75. The summed E-state index contributed by atoms with van der Waals surface area (Å²) in [5.41, 5.74) is 0.521. The van der Waals surface area contributed by atoms with Crippen LogP contribution in [0.5, 0.6) is 5.75 Å². The molecule has 0 fully saturated rings. The Labute approximate surface area is 116 Å². The van der Waals surface area contributed by atoms with Gasteiger partial charge < -0.3 is 10.1 Å². The van der Waals surface area contributed by atoms with Crippen LogP contribution in [-0.2, 0) is 6.54 Å². The number of halogens is 4. The number of ether oxygens (including phenoxy) is 1. The van der Waals surface area contributed by atoms with E-state index in [9.17, 15) is 17.6 Å². The first-order chi connectivity index (χ1) is 9.28. The van der Waals surface area contributed by atoms with Crippen LogP contribution in [0, 0.1) is 11.7 Å². The van der Waals surface area contributed by atoms with Gasteiger partial charge in [0.1, 0.15) is 11.6 Å². The molecular weight excluding hydrogens is 274 g/mol. The molecule has 1 rings (SSSR count). The first-order valence-electron chi connectivity index (χ1n) is 6.46. The third-order valence-electron chi connectivity index (χ3n) is 2.53. The largest absolute Gasteiger partial charge is 0.493 e. The molecule has 0 saturated heterocycles. The van der Waals surface area contributed by atoms with Gasteiger partial charge in [-0.3, -0.25) is 0 Å². The summed E-state index contributed by atoms with van der Waals surface area (Å²) in [6, 6.07) is 3.81. The summed E-state index contributed by atoms with van der Waals surface area (Å²) in [4.78, 5) is 0. The molecule has 0 saturated carbocycles. The Bertz CT molecular complexity index is 418. The number of alkyl halides is 3. The highest BCUT2D eigenvalue weighted by molar-refractivity contribution is 5.33. The highest BCUT2D eigenvalue weighted by Gasteiger charge is 2.27. The second-order valence-electron chi connectivity index (χ2n) is 4.99. The zero-order valence-electron chi connectivity index (χ0n) is 11.6. The molecule has 0 unspecified atom stereocenters. The molecule has 114 valence electrons. The average molecular weight is 293 g/mol. The fraction of sp³-hybridized carbons (Fsp3) is 0.571. The average Bonchev–Trinajstić information content (AvgIpc) is 2.30. The molecule has 0 atom stereocenters. The van der Waals surface area contributed by atoms with Crippen LogP contribution in [0.1, 0.15) is 25.8 Å². The van der Waals surface area contributed by atoms with E-state index in [0.29, 0.717) is 18.0 Å². The number of hydrogen-bond donors (Lipinski definition) is 1. The van der Waals surface area contributed by atoms with E-state index in [1.807, 2.05) is 13.8 Å². The molecule has 0 aromatic heterocycles. The molecule has 1 aromatic rings. The summed E-state index contributed by atoms with van der Waals surface area (Å²) < 4.78 is 54.5. The van der Waals surface area contributed by atoms with Crippen LogP contribution in [0.15, 0.2) is 18.2 Å². The molecule has 0 aliphatic carbocycles. The summed E-state index contributed by atoms with van der Waals surface area (Å²) in [6.07, 6.45) is -5.28. The van der Waals surface area contributed by atoms with Crippen molar-refractivity contribution in [2.24, 2.45) is 5.92 Å². The smallest absolute Gasteiger partial charge is 0.392 e. The second-order valence-corrected chi connectivity index (χ2v) is 4.99. The van der Waals surface area contributed by atoms with E-state index in [4.69, 9.17) is 4.74 Å². The lowest BCUT2D eigenvalue weighted by atomic mass is 10.1.